The first-order valence-corrected chi connectivity index (χ1v) is 7.92. The SMILES string of the molecule is O=C(CNc1ccc(F)cc1F)Nc1ccccc1Oc1ccccc1. The minimum Gasteiger partial charge on any atom is -0.455 e. The number of nitrogens with one attached hydrogen (secondary N) is 2. The van der Waals surface area contributed by atoms with Crippen LogP contribution in [0.25, 0.3) is 0 Å². The average Bonchev–Trinajstić information content (AvgIpc) is 2.63. The predicted molar refractivity (Wildman–Crippen MR) is 96.4 cm³/mol. The number of carbonyl (C=O) groups excluding carboxylic acids is 1. The van der Waals surface area contributed by atoms with Gasteiger partial charge >= 0.3 is 0 Å². The molecule has 0 spiro atoms. The molecule has 3 aromatic carbocycles. The van der Waals surface area contributed by atoms with Gasteiger partial charge in [0.05, 0.1) is 17.9 Å². The van der Waals surface area contributed by atoms with Crippen LogP contribution in [0.5, 0.6) is 11.5 Å². The number of hydrogen-bond acceptors (Lipinski definition) is 3. The van der Waals surface area contributed by atoms with Crippen molar-refractivity contribution in [2.45, 2.75) is 0 Å². The fourth-order valence-electron chi connectivity index (χ4n) is 2.28. The van der Waals surface area contributed by atoms with Gasteiger partial charge in [-0.3, -0.25) is 4.79 Å². The zero-order chi connectivity index (χ0) is 18.4. The summed E-state index contributed by atoms with van der Waals surface area (Å²) < 4.78 is 32.2. The van der Waals surface area contributed by atoms with E-state index in [1.54, 1.807) is 36.4 Å². The molecule has 2 N–H and O–H groups in total. The van der Waals surface area contributed by atoms with Gasteiger partial charge in [-0.25, -0.2) is 8.78 Å². The van der Waals surface area contributed by atoms with Crippen molar-refractivity contribution in [1.82, 2.24) is 0 Å². The summed E-state index contributed by atoms with van der Waals surface area (Å²) in [6.45, 7) is -0.178. The Bertz CT molecular complexity index is 901. The lowest BCUT2D eigenvalue weighted by Crippen LogP contribution is -2.22. The molecule has 0 radical (unpaired) electrons. The topological polar surface area (TPSA) is 50.4 Å². The number of hydrogen-bond donors (Lipinski definition) is 2. The van der Waals surface area contributed by atoms with Gasteiger partial charge in [-0.2, -0.15) is 0 Å². The molecule has 1 amide bonds. The van der Waals surface area contributed by atoms with Crippen molar-refractivity contribution in [3.63, 3.8) is 0 Å². The highest BCUT2D eigenvalue weighted by atomic mass is 19.1. The standard InChI is InChI=1S/C20H16F2N2O2/c21-14-10-11-17(16(22)12-14)23-13-20(25)24-18-8-4-5-9-19(18)26-15-6-2-1-3-7-15/h1-12,23H,13H2,(H,24,25). The van der Waals surface area contributed by atoms with Crippen molar-refractivity contribution in [3.8, 4) is 11.5 Å². The molecule has 0 heterocycles. The summed E-state index contributed by atoms with van der Waals surface area (Å²) in [5.41, 5.74) is 0.540. The third-order valence-electron chi connectivity index (χ3n) is 3.50. The van der Waals surface area contributed by atoms with Crippen molar-refractivity contribution < 1.29 is 18.3 Å². The lowest BCUT2D eigenvalue weighted by molar-refractivity contribution is -0.114. The third-order valence-corrected chi connectivity index (χ3v) is 3.50. The van der Waals surface area contributed by atoms with Crippen molar-refractivity contribution in [3.05, 3.63) is 84.4 Å². The quantitative estimate of drug-likeness (QED) is 0.668. The molecule has 0 saturated carbocycles. The molecule has 0 bridgehead atoms. The fraction of sp³-hybridized carbons (Fsp3) is 0.0500. The summed E-state index contributed by atoms with van der Waals surface area (Å²) in [6.07, 6.45) is 0. The number of ether oxygens (including phenoxy) is 1. The maximum Gasteiger partial charge on any atom is 0.243 e. The summed E-state index contributed by atoms with van der Waals surface area (Å²) >= 11 is 0. The van der Waals surface area contributed by atoms with Gasteiger partial charge in [-0.1, -0.05) is 30.3 Å². The van der Waals surface area contributed by atoms with Crippen LogP contribution in [-0.4, -0.2) is 12.5 Å². The van der Waals surface area contributed by atoms with Gasteiger partial charge in [0.1, 0.15) is 17.4 Å². The Hall–Kier alpha value is -3.41. The molecule has 3 rings (SSSR count). The number of carbonyl (C=O) groups is 1. The van der Waals surface area contributed by atoms with Gasteiger partial charge in [0.2, 0.25) is 5.91 Å². The van der Waals surface area contributed by atoms with E-state index in [1.165, 1.54) is 6.07 Å². The van der Waals surface area contributed by atoms with Crippen LogP contribution in [0.2, 0.25) is 0 Å². The van der Waals surface area contributed by atoms with E-state index in [0.29, 0.717) is 17.2 Å². The van der Waals surface area contributed by atoms with Crippen molar-refractivity contribution in [1.29, 1.82) is 0 Å². The number of rotatable bonds is 6. The molecule has 132 valence electrons. The van der Waals surface area contributed by atoms with Gasteiger partial charge in [0.25, 0.3) is 0 Å². The highest BCUT2D eigenvalue weighted by Crippen LogP contribution is 2.29. The average molecular weight is 354 g/mol. The summed E-state index contributed by atoms with van der Waals surface area (Å²) in [6, 6.07) is 19.3. The van der Waals surface area contributed by atoms with Crippen LogP contribution in [0, 0.1) is 11.6 Å². The van der Waals surface area contributed by atoms with Crippen LogP contribution in [0.15, 0.2) is 72.8 Å². The molecule has 0 fully saturated rings. The van der Waals surface area contributed by atoms with Gasteiger partial charge in [0, 0.05) is 6.07 Å². The summed E-state index contributed by atoms with van der Waals surface area (Å²) in [7, 11) is 0. The molecule has 4 nitrogen and oxygen atoms in total. The summed E-state index contributed by atoms with van der Waals surface area (Å²) in [5.74, 6) is -0.700. The molecule has 0 aliphatic heterocycles. The van der Waals surface area contributed by atoms with Crippen LogP contribution in [-0.2, 0) is 4.79 Å². The van der Waals surface area contributed by atoms with Gasteiger partial charge < -0.3 is 15.4 Å². The van der Waals surface area contributed by atoms with Crippen LogP contribution in [0.4, 0.5) is 20.2 Å². The first-order chi connectivity index (χ1) is 12.6. The summed E-state index contributed by atoms with van der Waals surface area (Å²) in [4.78, 5) is 12.1. The minimum absolute atomic E-state index is 0.0513. The van der Waals surface area contributed by atoms with Crippen molar-refractivity contribution >= 4 is 17.3 Å². The van der Waals surface area contributed by atoms with E-state index in [0.717, 1.165) is 12.1 Å². The molecule has 26 heavy (non-hydrogen) atoms. The smallest absolute Gasteiger partial charge is 0.243 e. The van der Waals surface area contributed by atoms with E-state index in [9.17, 15) is 13.6 Å². The van der Waals surface area contributed by atoms with Gasteiger partial charge in [-0.15, -0.1) is 0 Å². The Balaban J connectivity index is 1.64. The molecular weight excluding hydrogens is 338 g/mol. The van der Waals surface area contributed by atoms with E-state index in [4.69, 9.17) is 4.74 Å². The number of para-hydroxylation sites is 3. The number of amides is 1. The number of anilines is 2. The predicted octanol–water partition coefficient (Wildman–Crippen LogP) is 4.81. The lowest BCUT2D eigenvalue weighted by atomic mass is 10.2. The number of halogens is 2. The molecule has 0 aliphatic carbocycles. The Morgan fingerprint density at radius 1 is 0.885 bits per heavy atom. The van der Waals surface area contributed by atoms with Crippen LogP contribution >= 0.6 is 0 Å². The maximum absolute atomic E-state index is 13.6. The molecule has 0 aromatic heterocycles. The van der Waals surface area contributed by atoms with Gasteiger partial charge in [-0.05, 0) is 36.4 Å². The number of benzene rings is 3. The van der Waals surface area contributed by atoms with Crippen LogP contribution < -0.4 is 15.4 Å². The van der Waals surface area contributed by atoms with Crippen LogP contribution in [0.3, 0.4) is 0 Å². The zero-order valence-corrected chi connectivity index (χ0v) is 13.7. The molecule has 6 heteroatoms. The zero-order valence-electron chi connectivity index (χ0n) is 13.7. The van der Waals surface area contributed by atoms with E-state index in [1.807, 2.05) is 18.2 Å². The van der Waals surface area contributed by atoms with Gasteiger partial charge in [0.15, 0.2) is 5.75 Å². The second-order valence-corrected chi connectivity index (χ2v) is 5.44. The summed E-state index contributed by atoms with van der Waals surface area (Å²) in [5, 5.41) is 5.34. The second kappa shape index (κ2) is 8.11. The largest absolute Gasteiger partial charge is 0.455 e. The molecule has 3 aromatic rings. The van der Waals surface area contributed by atoms with Crippen molar-refractivity contribution in [2.75, 3.05) is 17.2 Å². The highest BCUT2D eigenvalue weighted by molar-refractivity contribution is 5.95. The first-order valence-electron chi connectivity index (χ1n) is 7.92. The lowest BCUT2D eigenvalue weighted by Gasteiger charge is -2.13. The molecule has 0 aliphatic rings. The fourth-order valence-corrected chi connectivity index (χ4v) is 2.28. The first kappa shape index (κ1) is 17.4. The van der Waals surface area contributed by atoms with E-state index < -0.39 is 17.5 Å². The highest BCUT2D eigenvalue weighted by Gasteiger charge is 2.10. The van der Waals surface area contributed by atoms with E-state index in [-0.39, 0.29) is 12.2 Å². The van der Waals surface area contributed by atoms with Crippen molar-refractivity contribution in [2.24, 2.45) is 0 Å². The normalized spacial score (nSPS) is 10.2. The monoisotopic (exact) mass is 354 g/mol. The Kier molecular flexibility index (Phi) is 5.43. The Labute approximate surface area is 149 Å². The molecule has 0 saturated heterocycles. The van der Waals surface area contributed by atoms with Crippen LogP contribution in [0.1, 0.15) is 0 Å². The molecule has 0 unspecified atom stereocenters. The minimum atomic E-state index is -0.759. The second-order valence-electron chi connectivity index (χ2n) is 5.44. The Morgan fingerprint density at radius 3 is 2.38 bits per heavy atom. The third kappa shape index (κ3) is 4.57. The Morgan fingerprint density at radius 2 is 1.62 bits per heavy atom. The molecular formula is C20H16F2N2O2. The van der Waals surface area contributed by atoms with E-state index in [2.05, 4.69) is 10.6 Å². The maximum atomic E-state index is 13.6. The molecule has 0 atom stereocenters. The van der Waals surface area contributed by atoms with E-state index >= 15 is 0 Å².